The molecule has 21 heavy (non-hydrogen) atoms. The van der Waals surface area contributed by atoms with Crippen molar-refractivity contribution in [1.29, 1.82) is 0 Å². The molecule has 0 unspecified atom stereocenters. The van der Waals surface area contributed by atoms with E-state index in [0.29, 0.717) is 6.04 Å². The molecule has 0 aliphatic heterocycles. The largest absolute Gasteiger partial charge is 0.480 e. The molecule has 0 bridgehead atoms. The van der Waals surface area contributed by atoms with Gasteiger partial charge in [0.1, 0.15) is 0 Å². The first-order valence-electron chi connectivity index (χ1n) is 8.06. The fourth-order valence-electron chi connectivity index (χ4n) is 3.02. The maximum absolute atomic E-state index is 5.41. The van der Waals surface area contributed by atoms with E-state index in [4.69, 9.17) is 4.74 Å². The van der Waals surface area contributed by atoms with Crippen LogP contribution in [0.3, 0.4) is 0 Å². The van der Waals surface area contributed by atoms with Crippen molar-refractivity contribution in [3.8, 4) is 5.88 Å². The molecule has 0 saturated heterocycles. The molecule has 1 heterocycles. The van der Waals surface area contributed by atoms with Crippen molar-refractivity contribution < 1.29 is 4.74 Å². The Balaban J connectivity index is 1.92. The first-order valence-corrected chi connectivity index (χ1v) is 8.88. The highest BCUT2D eigenvalue weighted by atomic mass is 32.1. The van der Waals surface area contributed by atoms with Crippen LogP contribution in [0.5, 0.6) is 5.88 Å². The summed E-state index contributed by atoms with van der Waals surface area (Å²) in [5.41, 5.74) is 0. The number of nitrogens with one attached hydrogen (secondary N) is 1. The summed E-state index contributed by atoms with van der Waals surface area (Å²) < 4.78 is 5.41. The van der Waals surface area contributed by atoms with Crippen LogP contribution in [0, 0.1) is 5.92 Å². The maximum atomic E-state index is 5.41. The van der Waals surface area contributed by atoms with Gasteiger partial charge < -0.3 is 15.0 Å². The molecular weight excluding hydrogens is 282 g/mol. The number of rotatable bonds is 6. The van der Waals surface area contributed by atoms with Crippen LogP contribution in [-0.2, 0) is 6.54 Å². The van der Waals surface area contributed by atoms with Gasteiger partial charge >= 0.3 is 0 Å². The predicted molar refractivity (Wildman–Crippen MR) is 90.5 cm³/mol. The molecule has 4 nitrogen and oxygen atoms in total. The van der Waals surface area contributed by atoms with Gasteiger partial charge in [0, 0.05) is 26.7 Å². The number of methoxy groups -OCH3 is 1. The molecule has 0 amide bonds. The normalized spacial score (nSPS) is 18.3. The molecule has 1 aromatic rings. The average molecular weight is 311 g/mol. The molecule has 1 N–H and O–H groups in total. The lowest BCUT2D eigenvalue weighted by molar-refractivity contribution is 0.334. The lowest BCUT2D eigenvalue weighted by atomic mass is 9.93. The van der Waals surface area contributed by atoms with E-state index in [1.54, 1.807) is 18.4 Å². The Morgan fingerprint density at radius 3 is 2.52 bits per heavy atom. The molecule has 1 saturated carbocycles. The van der Waals surface area contributed by atoms with E-state index in [1.165, 1.54) is 43.4 Å². The van der Waals surface area contributed by atoms with Gasteiger partial charge in [-0.25, -0.2) is 0 Å². The molecule has 5 heteroatoms. The fourth-order valence-corrected chi connectivity index (χ4v) is 3.92. The lowest BCUT2D eigenvalue weighted by Gasteiger charge is -2.23. The van der Waals surface area contributed by atoms with E-state index in [9.17, 15) is 0 Å². The topological polar surface area (TPSA) is 37.4 Å². The zero-order valence-corrected chi connectivity index (χ0v) is 14.6. The van der Waals surface area contributed by atoms with Crippen LogP contribution >= 0.6 is 11.3 Å². The highest BCUT2D eigenvalue weighted by molar-refractivity contribution is 7.15. The SMILES string of the molecule is COc1nc(N(C)C)sc1CN[C@H](C)C1CCCCCC1. The summed E-state index contributed by atoms with van der Waals surface area (Å²) >= 11 is 1.71. The third kappa shape index (κ3) is 4.58. The Labute approximate surface area is 132 Å². The van der Waals surface area contributed by atoms with Crippen LogP contribution in [0.25, 0.3) is 0 Å². The quantitative estimate of drug-likeness (QED) is 0.814. The van der Waals surface area contributed by atoms with Crippen molar-refractivity contribution in [1.82, 2.24) is 10.3 Å². The van der Waals surface area contributed by atoms with Gasteiger partial charge in [-0.2, -0.15) is 4.98 Å². The Morgan fingerprint density at radius 1 is 1.29 bits per heavy atom. The summed E-state index contributed by atoms with van der Waals surface area (Å²) in [7, 11) is 5.74. The highest BCUT2D eigenvalue weighted by Gasteiger charge is 2.20. The molecule has 0 spiro atoms. The minimum atomic E-state index is 0.567. The van der Waals surface area contributed by atoms with E-state index >= 15 is 0 Å². The van der Waals surface area contributed by atoms with Crippen molar-refractivity contribution in [2.45, 2.75) is 58.0 Å². The Hall–Kier alpha value is -0.810. The van der Waals surface area contributed by atoms with E-state index in [0.717, 1.165) is 23.5 Å². The van der Waals surface area contributed by atoms with Gasteiger partial charge in [-0.15, -0.1) is 0 Å². The highest BCUT2D eigenvalue weighted by Crippen LogP contribution is 2.31. The Morgan fingerprint density at radius 2 is 1.95 bits per heavy atom. The fraction of sp³-hybridized carbons (Fsp3) is 0.812. The summed E-state index contributed by atoms with van der Waals surface area (Å²) in [4.78, 5) is 7.75. The number of ether oxygens (including phenoxy) is 1. The van der Waals surface area contributed by atoms with Crippen molar-refractivity contribution in [3.05, 3.63) is 4.88 Å². The van der Waals surface area contributed by atoms with Crippen molar-refractivity contribution in [3.63, 3.8) is 0 Å². The lowest BCUT2D eigenvalue weighted by Crippen LogP contribution is -2.32. The van der Waals surface area contributed by atoms with Crippen molar-refractivity contribution in [2.75, 3.05) is 26.1 Å². The summed E-state index contributed by atoms with van der Waals surface area (Å²) in [6, 6.07) is 0.567. The number of thiazole rings is 1. The van der Waals surface area contributed by atoms with E-state index in [2.05, 4.69) is 17.2 Å². The second kappa shape index (κ2) is 7.99. The Bertz CT molecular complexity index is 425. The van der Waals surface area contributed by atoms with Gasteiger partial charge in [0.05, 0.1) is 12.0 Å². The molecule has 1 fully saturated rings. The zero-order valence-electron chi connectivity index (χ0n) is 13.8. The van der Waals surface area contributed by atoms with Crippen LogP contribution in [0.4, 0.5) is 5.13 Å². The zero-order chi connectivity index (χ0) is 15.2. The summed E-state index contributed by atoms with van der Waals surface area (Å²) in [6.07, 6.45) is 8.36. The first kappa shape index (κ1) is 16.6. The van der Waals surface area contributed by atoms with Gasteiger partial charge in [0.15, 0.2) is 5.13 Å². The van der Waals surface area contributed by atoms with Crippen LogP contribution in [0.2, 0.25) is 0 Å². The van der Waals surface area contributed by atoms with Crippen LogP contribution in [0.15, 0.2) is 0 Å². The molecular formula is C16H29N3OS. The maximum Gasteiger partial charge on any atom is 0.230 e. The predicted octanol–water partition coefficient (Wildman–Crippen LogP) is 3.67. The number of aromatic nitrogens is 1. The summed E-state index contributed by atoms with van der Waals surface area (Å²) in [5, 5.41) is 4.70. The molecule has 0 radical (unpaired) electrons. The molecule has 1 atom stereocenters. The number of hydrogen-bond acceptors (Lipinski definition) is 5. The average Bonchev–Trinajstić information content (AvgIpc) is 2.69. The summed E-state index contributed by atoms with van der Waals surface area (Å²) in [5.74, 6) is 1.59. The van der Waals surface area contributed by atoms with Gasteiger partial charge in [0.25, 0.3) is 0 Å². The van der Waals surface area contributed by atoms with E-state index < -0.39 is 0 Å². The number of hydrogen-bond donors (Lipinski definition) is 1. The minimum Gasteiger partial charge on any atom is -0.480 e. The molecule has 1 aliphatic rings. The monoisotopic (exact) mass is 311 g/mol. The van der Waals surface area contributed by atoms with Gasteiger partial charge in [-0.3, -0.25) is 0 Å². The number of anilines is 1. The molecule has 2 rings (SSSR count). The third-order valence-corrected chi connectivity index (χ3v) is 5.62. The number of nitrogens with zero attached hydrogens (tertiary/aromatic N) is 2. The van der Waals surface area contributed by atoms with Gasteiger partial charge in [0.2, 0.25) is 5.88 Å². The van der Waals surface area contributed by atoms with Crippen LogP contribution < -0.4 is 15.0 Å². The van der Waals surface area contributed by atoms with Crippen molar-refractivity contribution >= 4 is 16.5 Å². The third-order valence-electron chi connectivity index (χ3n) is 4.42. The first-order chi connectivity index (χ1) is 10.1. The van der Waals surface area contributed by atoms with Gasteiger partial charge in [-0.05, 0) is 25.7 Å². The van der Waals surface area contributed by atoms with E-state index in [1.807, 2.05) is 19.0 Å². The van der Waals surface area contributed by atoms with Gasteiger partial charge in [-0.1, -0.05) is 37.0 Å². The smallest absolute Gasteiger partial charge is 0.230 e. The van der Waals surface area contributed by atoms with Crippen LogP contribution in [0.1, 0.15) is 50.3 Å². The molecule has 1 aromatic heterocycles. The Kier molecular flexibility index (Phi) is 6.30. The van der Waals surface area contributed by atoms with Crippen LogP contribution in [-0.4, -0.2) is 32.2 Å². The summed E-state index contributed by atoms with van der Waals surface area (Å²) in [6.45, 7) is 3.18. The second-order valence-corrected chi connectivity index (χ2v) is 7.31. The van der Waals surface area contributed by atoms with Crippen molar-refractivity contribution in [2.24, 2.45) is 5.92 Å². The standard InChI is InChI=1S/C16H29N3OS/c1-12(13-9-7-5-6-8-10-13)17-11-14-15(20-4)18-16(21-14)19(2)3/h12-13,17H,5-11H2,1-4H3/t12-/m1/s1. The molecule has 120 valence electrons. The second-order valence-electron chi connectivity index (χ2n) is 6.24. The van der Waals surface area contributed by atoms with E-state index in [-0.39, 0.29) is 0 Å². The molecule has 1 aliphatic carbocycles. The molecule has 0 aromatic carbocycles. The minimum absolute atomic E-state index is 0.567.